The predicted molar refractivity (Wildman–Crippen MR) is 209 cm³/mol. The second-order valence-electron chi connectivity index (χ2n) is 14.8. The number of hydrogen-bond donors (Lipinski definition) is 1. The molecule has 1 amide bonds. The van der Waals surface area contributed by atoms with Gasteiger partial charge in [0.05, 0.1) is 20.6 Å². The fourth-order valence-electron chi connectivity index (χ4n) is 6.72. The summed E-state index contributed by atoms with van der Waals surface area (Å²) in [5.74, 6) is -2.38. The van der Waals surface area contributed by atoms with Gasteiger partial charge < -0.3 is 14.7 Å². The Morgan fingerprint density at radius 2 is 1.74 bits per heavy atom. The topological polar surface area (TPSA) is 164 Å². The summed E-state index contributed by atoms with van der Waals surface area (Å²) < 4.78 is 34.7. The molecule has 12 nitrogen and oxygen atoms in total. The number of carboxylic acid groups (broad SMARTS) is 1. The maximum atomic E-state index is 14.4. The lowest BCUT2D eigenvalue weighted by atomic mass is 9.87. The lowest BCUT2D eigenvalue weighted by Gasteiger charge is -2.47. The lowest BCUT2D eigenvalue weighted by Crippen LogP contribution is -2.58. The Morgan fingerprint density at radius 1 is 1.06 bits per heavy atom. The Labute approximate surface area is 323 Å². The monoisotopic (exact) mass is 795 g/mol. The maximum Gasteiger partial charge on any atom is 0.349 e. The average molecular weight is 796 g/mol. The Kier molecular flexibility index (Phi) is 12.0. The van der Waals surface area contributed by atoms with Crippen molar-refractivity contribution in [3.63, 3.8) is 0 Å². The van der Waals surface area contributed by atoms with Crippen LogP contribution in [-0.2, 0) is 31.7 Å². The normalized spacial score (nSPS) is 16.1. The van der Waals surface area contributed by atoms with E-state index in [0.29, 0.717) is 39.2 Å². The number of carbonyl (C=O) groups excluding carboxylic acids is 2. The third kappa shape index (κ3) is 9.35. The number of nitro benzene ring substituents is 1. The van der Waals surface area contributed by atoms with Crippen LogP contribution in [-0.4, -0.2) is 64.3 Å². The second kappa shape index (κ2) is 16.0. The molecule has 286 valence electrons. The molecule has 1 unspecified atom stereocenters. The molecule has 1 fully saturated rings. The van der Waals surface area contributed by atoms with Crippen molar-refractivity contribution < 1.29 is 37.6 Å². The molecule has 0 aliphatic carbocycles. The highest BCUT2D eigenvalue weighted by atomic mass is 35.5. The molecule has 0 saturated carbocycles. The van der Waals surface area contributed by atoms with E-state index in [2.05, 4.69) is 0 Å². The molecule has 1 aliphatic rings. The third-order valence-corrected chi connectivity index (χ3v) is 12.8. The van der Waals surface area contributed by atoms with Gasteiger partial charge in [0, 0.05) is 47.9 Å². The van der Waals surface area contributed by atoms with Crippen LogP contribution in [0.15, 0.2) is 78.9 Å². The van der Waals surface area contributed by atoms with Gasteiger partial charge in [-0.05, 0) is 94.8 Å². The van der Waals surface area contributed by atoms with E-state index in [0.717, 1.165) is 11.3 Å². The number of aliphatic carboxylic acids is 1. The number of carboxylic acids is 1. The summed E-state index contributed by atoms with van der Waals surface area (Å²) in [6.45, 7) is 8.90. The van der Waals surface area contributed by atoms with Crippen molar-refractivity contribution in [1.29, 1.82) is 0 Å². The lowest BCUT2D eigenvalue weighted by molar-refractivity contribution is -0.384. The van der Waals surface area contributed by atoms with Gasteiger partial charge in [0.25, 0.3) is 11.6 Å². The van der Waals surface area contributed by atoms with E-state index in [4.69, 9.17) is 16.3 Å². The van der Waals surface area contributed by atoms with Gasteiger partial charge >= 0.3 is 11.9 Å². The Hall–Kier alpha value is -4.63. The minimum absolute atomic E-state index is 0.00921. The van der Waals surface area contributed by atoms with E-state index in [1.807, 2.05) is 0 Å². The number of rotatable bonds is 12. The van der Waals surface area contributed by atoms with Crippen LogP contribution in [0, 0.1) is 10.1 Å². The van der Waals surface area contributed by atoms with Crippen molar-refractivity contribution in [2.45, 2.75) is 83.2 Å². The highest BCUT2D eigenvalue weighted by Gasteiger charge is 2.44. The third-order valence-electron chi connectivity index (χ3n) is 8.99. The molecule has 2 heterocycles. The van der Waals surface area contributed by atoms with Gasteiger partial charge in [-0.3, -0.25) is 19.7 Å². The number of piperidine rings is 1. The van der Waals surface area contributed by atoms with Crippen LogP contribution in [0.1, 0.15) is 85.0 Å². The summed E-state index contributed by atoms with van der Waals surface area (Å²) in [4.78, 5) is 52.4. The molecule has 0 bridgehead atoms. The number of nitro groups is 1. The zero-order valence-corrected chi connectivity index (χ0v) is 33.0. The number of benzene rings is 3. The van der Waals surface area contributed by atoms with Gasteiger partial charge in [0.1, 0.15) is 10.5 Å². The van der Waals surface area contributed by atoms with Crippen LogP contribution in [0.25, 0.3) is 10.4 Å². The fourth-order valence-corrected chi connectivity index (χ4v) is 10.3. The summed E-state index contributed by atoms with van der Waals surface area (Å²) in [6.07, 6.45) is 0.323. The summed E-state index contributed by atoms with van der Waals surface area (Å²) in [5, 5.41) is 21.0. The second-order valence-corrected chi connectivity index (χ2v) is 18.0. The Bertz CT molecular complexity index is 2180. The van der Waals surface area contributed by atoms with Crippen molar-refractivity contribution in [2.75, 3.05) is 11.4 Å². The van der Waals surface area contributed by atoms with Gasteiger partial charge in [-0.2, -0.15) is 4.31 Å². The zero-order valence-electron chi connectivity index (χ0n) is 30.6. The van der Waals surface area contributed by atoms with Crippen molar-refractivity contribution in [1.82, 2.24) is 4.31 Å². The molecule has 5 rings (SSSR count). The smallest absolute Gasteiger partial charge is 0.349 e. The minimum atomic E-state index is -3.93. The van der Waals surface area contributed by atoms with Crippen LogP contribution < -0.4 is 4.90 Å². The van der Waals surface area contributed by atoms with E-state index in [-0.39, 0.29) is 47.3 Å². The van der Waals surface area contributed by atoms with Crippen molar-refractivity contribution in [2.24, 2.45) is 0 Å². The van der Waals surface area contributed by atoms with Gasteiger partial charge in [-0.1, -0.05) is 54.1 Å². The van der Waals surface area contributed by atoms with Crippen LogP contribution >= 0.6 is 22.9 Å². The fraction of sp³-hybridized carbons (Fsp3) is 0.359. The van der Waals surface area contributed by atoms with Crippen molar-refractivity contribution in [3.8, 4) is 10.4 Å². The molecule has 1 N–H and O–H groups in total. The number of sulfonamides is 1. The molecule has 1 aliphatic heterocycles. The number of thiophene rings is 1. The average Bonchev–Trinajstić information content (AvgIpc) is 3.42. The number of hydrogen-bond acceptors (Lipinski definition) is 9. The standard InChI is InChI=1S/C39H42ClN3O9S2/c1-38(2,3)52-37(47)35-31(17-18-32(44)45)33(40)34(53-35)27-14-10-15-28(22-27)42(36(46)26-12-7-6-8-13-26)30-19-20-41(39(4,5)23-30)54(50,51)24-25-11-9-16-29(21-25)43(48)49/h6-16,21-22,30H,17-20,23-24H2,1-5H3,(H,44,45). The number of carbonyl (C=O) groups is 3. The molecule has 1 saturated heterocycles. The first-order chi connectivity index (χ1) is 25.3. The molecule has 0 radical (unpaired) electrons. The van der Waals surface area contributed by atoms with Gasteiger partial charge in [0.15, 0.2) is 0 Å². The zero-order chi connectivity index (χ0) is 39.6. The number of non-ortho nitro benzene ring substituents is 1. The van der Waals surface area contributed by atoms with Gasteiger partial charge in [-0.25, -0.2) is 13.2 Å². The van der Waals surface area contributed by atoms with Gasteiger partial charge in [0.2, 0.25) is 10.0 Å². The highest BCUT2D eigenvalue weighted by molar-refractivity contribution is 7.88. The molecule has 4 aromatic rings. The van der Waals surface area contributed by atoms with E-state index in [9.17, 15) is 38.0 Å². The number of esters is 1. The predicted octanol–water partition coefficient (Wildman–Crippen LogP) is 8.37. The molecule has 54 heavy (non-hydrogen) atoms. The molecule has 1 aromatic heterocycles. The quantitative estimate of drug-likeness (QED) is 0.0843. The number of amides is 1. The van der Waals surface area contributed by atoms with Crippen LogP contribution in [0.2, 0.25) is 5.02 Å². The van der Waals surface area contributed by atoms with E-state index < -0.39 is 49.8 Å². The first-order valence-electron chi connectivity index (χ1n) is 17.3. The molecular weight excluding hydrogens is 754 g/mol. The molecule has 1 atom stereocenters. The molecular formula is C39H42ClN3O9S2. The molecule has 15 heteroatoms. The summed E-state index contributed by atoms with van der Waals surface area (Å²) in [6, 6.07) is 21.0. The molecule has 3 aromatic carbocycles. The first-order valence-corrected chi connectivity index (χ1v) is 20.1. The van der Waals surface area contributed by atoms with E-state index in [1.165, 1.54) is 22.5 Å². The van der Waals surface area contributed by atoms with Gasteiger partial charge in [-0.15, -0.1) is 11.3 Å². The summed E-state index contributed by atoms with van der Waals surface area (Å²) in [7, 11) is -3.93. The SMILES string of the molecule is CC(C)(C)OC(=O)c1sc(-c2cccc(N(C(=O)c3ccccc3)C3CCN(S(=O)(=O)Cc4cccc([N+](=O)[O-])c4)C(C)(C)C3)c2)c(Cl)c1CCC(=O)O. The largest absolute Gasteiger partial charge is 0.481 e. The number of nitrogens with zero attached hydrogens (tertiary/aromatic N) is 3. The van der Waals surface area contributed by atoms with E-state index in [1.54, 1.807) is 100 Å². The van der Waals surface area contributed by atoms with Crippen LogP contribution in [0.3, 0.4) is 0 Å². The van der Waals surface area contributed by atoms with E-state index >= 15 is 0 Å². The number of anilines is 1. The Morgan fingerprint density at radius 3 is 2.37 bits per heavy atom. The summed E-state index contributed by atoms with van der Waals surface area (Å²) in [5.41, 5.74) is 0.262. The maximum absolute atomic E-state index is 14.4. The minimum Gasteiger partial charge on any atom is -0.481 e. The highest BCUT2D eigenvalue weighted by Crippen LogP contribution is 2.44. The number of ether oxygens (including phenoxy) is 1. The summed E-state index contributed by atoms with van der Waals surface area (Å²) >= 11 is 8.01. The Balaban J connectivity index is 1.52. The van der Waals surface area contributed by atoms with Crippen molar-refractivity contribution in [3.05, 3.63) is 116 Å². The first kappa shape index (κ1) is 40.6. The van der Waals surface area contributed by atoms with Crippen molar-refractivity contribution >= 4 is 62.2 Å². The van der Waals surface area contributed by atoms with Crippen LogP contribution in [0.4, 0.5) is 11.4 Å². The van der Waals surface area contributed by atoms with Crippen LogP contribution in [0.5, 0.6) is 0 Å². The number of halogens is 1. The molecule has 0 spiro atoms.